The minimum atomic E-state index is -0.797. The van der Waals surface area contributed by atoms with Crippen molar-refractivity contribution in [2.24, 2.45) is 11.0 Å². The maximum Gasteiger partial charge on any atom is 0.325 e. The van der Waals surface area contributed by atoms with Crippen LogP contribution >= 0.6 is 11.6 Å². The van der Waals surface area contributed by atoms with Crippen molar-refractivity contribution in [1.82, 2.24) is 15.3 Å². The number of carbonyl (C=O) groups excluding carboxylic acids is 3. The molecule has 0 fully saturated rings. The molecule has 1 unspecified atom stereocenters. The van der Waals surface area contributed by atoms with Gasteiger partial charge in [-0.25, -0.2) is 5.43 Å². The molecule has 172 valence electrons. The van der Waals surface area contributed by atoms with Crippen molar-refractivity contribution in [2.75, 3.05) is 7.11 Å². The summed E-state index contributed by atoms with van der Waals surface area (Å²) in [4.78, 5) is 37.0. The van der Waals surface area contributed by atoms with Gasteiger partial charge in [-0.1, -0.05) is 49.7 Å². The number of hydrazone groups is 1. The standard InChI is InChI=1S/C24H25ClN4O4/c1-15(2)22(27-23(31)16-7-6-8-18(25)11-16)24(32)28-26-12-17-13-29(14-21(30)33-3)20-10-5-4-9-19(17)20/h4-13,15,22H,14H2,1-3H3,(H,27,31)(H,28,32)/b26-12-. The average Bonchev–Trinajstić information content (AvgIpc) is 3.14. The Morgan fingerprint density at radius 1 is 1.15 bits per heavy atom. The van der Waals surface area contributed by atoms with Crippen molar-refractivity contribution >= 4 is 46.5 Å². The van der Waals surface area contributed by atoms with Gasteiger partial charge in [-0.2, -0.15) is 5.10 Å². The lowest BCUT2D eigenvalue weighted by Crippen LogP contribution is -2.48. The van der Waals surface area contributed by atoms with Crippen LogP contribution in [0.2, 0.25) is 5.02 Å². The van der Waals surface area contributed by atoms with Gasteiger partial charge in [-0.05, 0) is 30.2 Å². The number of hydrogen-bond donors (Lipinski definition) is 2. The van der Waals surface area contributed by atoms with Gasteiger partial charge < -0.3 is 14.6 Å². The van der Waals surface area contributed by atoms with E-state index in [-0.39, 0.29) is 18.4 Å². The Hall–Kier alpha value is -3.65. The lowest BCUT2D eigenvalue weighted by molar-refractivity contribution is -0.141. The van der Waals surface area contributed by atoms with E-state index < -0.39 is 17.9 Å². The first kappa shape index (κ1) is 24.0. The first-order valence-corrected chi connectivity index (χ1v) is 10.7. The predicted octanol–water partition coefficient (Wildman–Crippen LogP) is 3.37. The van der Waals surface area contributed by atoms with Gasteiger partial charge in [0.25, 0.3) is 11.8 Å². The number of hydrogen-bond acceptors (Lipinski definition) is 5. The fourth-order valence-corrected chi connectivity index (χ4v) is 3.53. The molecule has 1 aromatic heterocycles. The van der Waals surface area contributed by atoms with Crippen LogP contribution in [0.25, 0.3) is 10.9 Å². The van der Waals surface area contributed by atoms with Gasteiger partial charge in [0, 0.05) is 33.2 Å². The normalized spacial score (nSPS) is 12.2. The van der Waals surface area contributed by atoms with Crippen molar-refractivity contribution in [2.45, 2.75) is 26.4 Å². The van der Waals surface area contributed by atoms with Crippen LogP contribution in [-0.4, -0.2) is 41.7 Å². The highest BCUT2D eigenvalue weighted by atomic mass is 35.5. The van der Waals surface area contributed by atoms with E-state index in [2.05, 4.69) is 15.8 Å². The monoisotopic (exact) mass is 468 g/mol. The lowest BCUT2D eigenvalue weighted by Gasteiger charge is -2.20. The maximum atomic E-state index is 12.7. The quantitative estimate of drug-likeness (QED) is 0.300. The Kier molecular flexibility index (Phi) is 7.84. The van der Waals surface area contributed by atoms with Crippen molar-refractivity contribution in [3.63, 3.8) is 0 Å². The summed E-state index contributed by atoms with van der Waals surface area (Å²) in [6.07, 6.45) is 3.27. The van der Waals surface area contributed by atoms with Gasteiger partial charge >= 0.3 is 5.97 Å². The molecule has 2 N–H and O–H groups in total. The summed E-state index contributed by atoms with van der Waals surface area (Å²) in [6, 6.07) is 13.2. The predicted molar refractivity (Wildman–Crippen MR) is 127 cm³/mol. The zero-order valence-electron chi connectivity index (χ0n) is 18.5. The van der Waals surface area contributed by atoms with E-state index in [0.717, 1.165) is 16.5 Å². The average molecular weight is 469 g/mol. The topological polar surface area (TPSA) is 102 Å². The van der Waals surface area contributed by atoms with Gasteiger partial charge in [0.2, 0.25) is 0 Å². The van der Waals surface area contributed by atoms with Crippen molar-refractivity contribution < 1.29 is 19.1 Å². The number of carbonyl (C=O) groups is 3. The fourth-order valence-electron chi connectivity index (χ4n) is 3.34. The van der Waals surface area contributed by atoms with Crippen molar-refractivity contribution in [1.29, 1.82) is 0 Å². The molecule has 0 aliphatic heterocycles. The highest BCUT2D eigenvalue weighted by Gasteiger charge is 2.24. The summed E-state index contributed by atoms with van der Waals surface area (Å²) in [5, 5.41) is 8.11. The summed E-state index contributed by atoms with van der Waals surface area (Å²) in [7, 11) is 1.34. The van der Waals surface area contributed by atoms with Crippen molar-refractivity contribution in [3.8, 4) is 0 Å². The number of halogens is 1. The van der Waals surface area contributed by atoms with Gasteiger partial charge in [0.15, 0.2) is 0 Å². The number of methoxy groups -OCH3 is 1. The number of nitrogens with one attached hydrogen (secondary N) is 2. The highest BCUT2D eigenvalue weighted by molar-refractivity contribution is 6.31. The molecule has 3 aromatic rings. The number of ether oxygens (including phenoxy) is 1. The molecule has 8 nitrogen and oxygen atoms in total. The molecule has 0 aliphatic carbocycles. The lowest BCUT2D eigenvalue weighted by atomic mass is 10.0. The molecule has 9 heteroatoms. The smallest absolute Gasteiger partial charge is 0.325 e. The van der Waals surface area contributed by atoms with Crippen LogP contribution in [0.1, 0.15) is 29.8 Å². The molecule has 3 rings (SSSR count). The molecule has 0 spiro atoms. The molecule has 2 aromatic carbocycles. The number of nitrogens with zero attached hydrogens (tertiary/aromatic N) is 2. The number of esters is 1. The molecule has 0 radical (unpaired) electrons. The Labute approximate surface area is 196 Å². The molecular weight excluding hydrogens is 444 g/mol. The van der Waals surface area contributed by atoms with E-state index in [0.29, 0.717) is 10.6 Å². The van der Waals surface area contributed by atoms with E-state index >= 15 is 0 Å². The first-order chi connectivity index (χ1) is 15.8. The SMILES string of the molecule is COC(=O)Cn1cc(/C=N\NC(=O)C(NC(=O)c2cccc(Cl)c2)C(C)C)c2ccccc21. The highest BCUT2D eigenvalue weighted by Crippen LogP contribution is 2.20. The largest absolute Gasteiger partial charge is 0.468 e. The number of fused-ring (bicyclic) bond motifs is 1. The minimum absolute atomic E-state index is 0.0577. The van der Waals surface area contributed by atoms with Crippen LogP contribution in [0.5, 0.6) is 0 Å². The summed E-state index contributed by atoms with van der Waals surface area (Å²) < 4.78 is 6.51. The van der Waals surface area contributed by atoms with E-state index in [9.17, 15) is 14.4 Å². The molecule has 33 heavy (non-hydrogen) atoms. The number of rotatable bonds is 8. The number of benzene rings is 2. The maximum absolute atomic E-state index is 12.7. The zero-order chi connectivity index (χ0) is 24.0. The molecule has 1 atom stereocenters. The molecule has 0 bridgehead atoms. The second kappa shape index (κ2) is 10.8. The third-order valence-electron chi connectivity index (χ3n) is 5.05. The van der Waals surface area contributed by atoms with Gasteiger partial charge in [-0.3, -0.25) is 14.4 Å². The summed E-state index contributed by atoms with van der Waals surface area (Å²) in [6.45, 7) is 3.71. The van der Waals surface area contributed by atoms with Crippen LogP contribution in [-0.2, 0) is 20.9 Å². The zero-order valence-corrected chi connectivity index (χ0v) is 19.3. The van der Waals surface area contributed by atoms with Crippen LogP contribution in [0, 0.1) is 5.92 Å². The van der Waals surface area contributed by atoms with Crippen LogP contribution in [0.3, 0.4) is 0 Å². The van der Waals surface area contributed by atoms with E-state index in [1.807, 2.05) is 38.1 Å². The summed E-state index contributed by atoms with van der Waals surface area (Å²) >= 11 is 5.95. The van der Waals surface area contributed by atoms with Crippen LogP contribution < -0.4 is 10.7 Å². The molecule has 2 amide bonds. The summed E-state index contributed by atoms with van der Waals surface area (Å²) in [5.74, 6) is -1.40. The Balaban J connectivity index is 1.73. The van der Waals surface area contributed by atoms with E-state index in [4.69, 9.17) is 16.3 Å². The molecule has 0 aliphatic rings. The number of aromatic nitrogens is 1. The third-order valence-corrected chi connectivity index (χ3v) is 5.28. The fraction of sp³-hybridized carbons (Fsp3) is 0.250. The second-order valence-electron chi connectivity index (χ2n) is 7.75. The minimum Gasteiger partial charge on any atom is -0.468 e. The number of para-hydroxylation sites is 1. The van der Waals surface area contributed by atoms with Gasteiger partial charge in [0.05, 0.1) is 13.3 Å². The van der Waals surface area contributed by atoms with E-state index in [1.54, 1.807) is 29.0 Å². The van der Waals surface area contributed by atoms with Gasteiger partial charge in [0.1, 0.15) is 12.6 Å². The molecule has 0 saturated carbocycles. The Morgan fingerprint density at radius 2 is 1.91 bits per heavy atom. The summed E-state index contributed by atoms with van der Waals surface area (Å²) in [5.41, 5.74) is 4.42. The van der Waals surface area contributed by atoms with Crippen molar-refractivity contribution in [3.05, 3.63) is 70.9 Å². The second-order valence-corrected chi connectivity index (χ2v) is 8.18. The van der Waals surface area contributed by atoms with Crippen LogP contribution in [0.15, 0.2) is 59.8 Å². The molecule has 0 saturated heterocycles. The number of amides is 2. The Bertz CT molecular complexity index is 1200. The molecule has 1 heterocycles. The van der Waals surface area contributed by atoms with Crippen LogP contribution in [0.4, 0.5) is 0 Å². The third kappa shape index (κ3) is 5.98. The Morgan fingerprint density at radius 3 is 2.61 bits per heavy atom. The van der Waals surface area contributed by atoms with Gasteiger partial charge in [-0.15, -0.1) is 0 Å². The molecular formula is C24H25ClN4O4. The first-order valence-electron chi connectivity index (χ1n) is 10.3. The van der Waals surface area contributed by atoms with E-state index in [1.165, 1.54) is 19.4 Å².